The standard InChI is InChI=1S/C28H38O9/c1-15-21(16(2)29)12-24-27(6,11-10-25(37-19(5)32)28(24,7)14-35-17(3)30)22(15)9-8-20-23(36-18(4)31)13-34-26(20)33/h8,21-25H,1,9-14H2,2-7H3/b20-8-/t21?,22-,23?,24?,25-,27+,28+/m1/s1. The minimum atomic E-state index is -0.775. The second kappa shape index (κ2) is 10.8. The van der Waals surface area contributed by atoms with Crippen LogP contribution in [0.1, 0.15) is 67.2 Å². The number of fused-ring (bicyclic) bond motifs is 1. The number of hydrogen-bond acceptors (Lipinski definition) is 9. The van der Waals surface area contributed by atoms with Gasteiger partial charge in [-0.1, -0.05) is 32.1 Å². The quantitative estimate of drug-likeness (QED) is 0.216. The number of cyclic esters (lactones) is 1. The van der Waals surface area contributed by atoms with E-state index in [-0.39, 0.29) is 36.4 Å². The lowest BCUT2D eigenvalue weighted by atomic mass is 9.44. The van der Waals surface area contributed by atoms with Crippen molar-refractivity contribution in [2.45, 2.75) is 79.4 Å². The minimum absolute atomic E-state index is 0.0211. The Morgan fingerprint density at radius 2 is 1.70 bits per heavy atom. The lowest BCUT2D eigenvalue weighted by Gasteiger charge is -2.61. The number of carbonyl (C=O) groups is 5. The summed E-state index contributed by atoms with van der Waals surface area (Å²) in [6, 6.07) is 0. The van der Waals surface area contributed by atoms with Gasteiger partial charge >= 0.3 is 23.9 Å². The summed E-state index contributed by atoms with van der Waals surface area (Å²) < 4.78 is 21.6. The first-order valence-electron chi connectivity index (χ1n) is 12.7. The number of ether oxygens (including phenoxy) is 4. The zero-order chi connectivity index (χ0) is 27.7. The molecule has 0 N–H and O–H groups in total. The highest BCUT2D eigenvalue weighted by atomic mass is 16.6. The van der Waals surface area contributed by atoms with Crippen molar-refractivity contribution in [2.24, 2.45) is 28.6 Å². The molecule has 2 aliphatic carbocycles. The number of Topliss-reactive ketones (excluding diaryl/α,β-unsaturated/α-hetero) is 1. The van der Waals surface area contributed by atoms with Crippen molar-refractivity contribution in [1.29, 1.82) is 0 Å². The van der Waals surface area contributed by atoms with Crippen molar-refractivity contribution in [3.63, 3.8) is 0 Å². The molecule has 3 rings (SSSR count). The van der Waals surface area contributed by atoms with Gasteiger partial charge in [-0.25, -0.2) is 4.79 Å². The minimum Gasteiger partial charge on any atom is -0.465 e. The van der Waals surface area contributed by atoms with Crippen LogP contribution in [0.15, 0.2) is 23.8 Å². The molecule has 0 spiro atoms. The predicted molar refractivity (Wildman–Crippen MR) is 132 cm³/mol. The maximum atomic E-state index is 12.8. The molecule has 1 saturated heterocycles. The summed E-state index contributed by atoms with van der Waals surface area (Å²) in [5, 5.41) is 0. The third-order valence-corrected chi connectivity index (χ3v) is 8.65. The normalized spacial score (nSPS) is 36.4. The maximum Gasteiger partial charge on any atom is 0.337 e. The van der Waals surface area contributed by atoms with E-state index >= 15 is 0 Å². The predicted octanol–water partition coefficient (Wildman–Crippen LogP) is 3.49. The molecule has 0 aromatic carbocycles. The van der Waals surface area contributed by atoms with Crippen molar-refractivity contribution in [3.8, 4) is 0 Å². The van der Waals surface area contributed by atoms with Crippen molar-refractivity contribution in [3.05, 3.63) is 23.8 Å². The van der Waals surface area contributed by atoms with Gasteiger partial charge in [0.2, 0.25) is 0 Å². The topological polar surface area (TPSA) is 122 Å². The van der Waals surface area contributed by atoms with Gasteiger partial charge < -0.3 is 18.9 Å². The Morgan fingerprint density at radius 1 is 1.05 bits per heavy atom. The molecular weight excluding hydrogens is 480 g/mol. The molecule has 0 aromatic rings. The highest BCUT2D eigenvalue weighted by molar-refractivity contribution is 5.92. The summed E-state index contributed by atoms with van der Waals surface area (Å²) in [4.78, 5) is 60.4. The van der Waals surface area contributed by atoms with Gasteiger partial charge in [0.05, 0.1) is 5.57 Å². The Hall–Kier alpha value is -2.97. The SMILES string of the molecule is C=C1C(C(C)=O)CC2[C@](C)(COC(C)=O)[C@H](OC(C)=O)CC[C@@]2(C)[C@@H]1C/C=C1\C(=O)OCC1OC(C)=O. The number of ketones is 1. The first-order valence-corrected chi connectivity index (χ1v) is 12.7. The van der Waals surface area contributed by atoms with E-state index in [9.17, 15) is 24.0 Å². The molecule has 3 fully saturated rings. The van der Waals surface area contributed by atoms with Crippen LogP contribution in [0, 0.1) is 28.6 Å². The monoisotopic (exact) mass is 518 g/mol. The van der Waals surface area contributed by atoms with Crippen LogP contribution in [0.5, 0.6) is 0 Å². The van der Waals surface area contributed by atoms with Crippen LogP contribution in [0.2, 0.25) is 0 Å². The van der Waals surface area contributed by atoms with Crippen molar-refractivity contribution >= 4 is 29.7 Å². The number of hydrogen-bond donors (Lipinski definition) is 0. The molecule has 0 radical (unpaired) electrons. The molecule has 37 heavy (non-hydrogen) atoms. The van der Waals surface area contributed by atoms with Crippen LogP contribution in [0.3, 0.4) is 0 Å². The van der Waals surface area contributed by atoms with Crippen LogP contribution < -0.4 is 0 Å². The van der Waals surface area contributed by atoms with Gasteiger partial charge in [-0.15, -0.1) is 0 Å². The highest BCUT2D eigenvalue weighted by Gasteiger charge is 2.61. The average molecular weight is 519 g/mol. The molecule has 9 nitrogen and oxygen atoms in total. The second-order valence-corrected chi connectivity index (χ2v) is 11.1. The first-order chi connectivity index (χ1) is 17.2. The van der Waals surface area contributed by atoms with Crippen molar-refractivity contribution in [2.75, 3.05) is 13.2 Å². The van der Waals surface area contributed by atoms with Gasteiger partial charge in [0.25, 0.3) is 0 Å². The Morgan fingerprint density at radius 3 is 2.27 bits per heavy atom. The molecule has 204 valence electrons. The first kappa shape index (κ1) is 28.6. The lowest BCUT2D eigenvalue weighted by molar-refractivity contribution is -0.194. The Balaban J connectivity index is 2.04. The Labute approximate surface area is 217 Å². The molecule has 0 bridgehead atoms. The van der Waals surface area contributed by atoms with Gasteiger partial charge in [0, 0.05) is 32.1 Å². The fraction of sp³-hybridized carbons (Fsp3) is 0.679. The highest BCUT2D eigenvalue weighted by Crippen LogP contribution is 2.63. The molecule has 3 aliphatic rings. The van der Waals surface area contributed by atoms with Crippen molar-refractivity contribution in [1.82, 2.24) is 0 Å². The summed E-state index contributed by atoms with van der Waals surface area (Å²) in [5.74, 6) is -2.70. The number of esters is 4. The molecular formula is C28H38O9. The van der Waals surface area contributed by atoms with Crippen molar-refractivity contribution < 1.29 is 42.9 Å². The molecule has 3 unspecified atom stereocenters. The van der Waals surface area contributed by atoms with E-state index in [4.69, 9.17) is 18.9 Å². The van der Waals surface area contributed by atoms with Gasteiger partial charge in [0.1, 0.15) is 25.1 Å². The number of allylic oxidation sites excluding steroid dienone is 2. The fourth-order valence-corrected chi connectivity index (χ4v) is 6.84. The van der Waals surface area contributed by atoms with Gasteiger partial charge in [0.15, 0.2) is 6.10 Å². The molecule has 2 saturated carbocycles. The van der Waals surface area contributed by atoms with E-state index in [0.717, 1.165) is 5.57 Å². The number of carbonyl (C=O) groups excluding carboxylic acids is 5. The van der Waals surface area contributed by atoms with Gasteiger partial charge in [-0.2, -0.15) is 0 Å². The third-order valence-electron chi connectivity index (χ3n) is 8.65. The largest absolute Gasteiger partial charge is 0.465 e. The molecule has 1 heterocycles. The second-order valence-electron chi connectivity index (χ2n) is 11.1. The Kier molecular flexibility index (Phi) is 8.34. The van der Waals surface area contributed by atoms with Crippen LogP contribution in [-0.2, 0) is 42.9 Å². The van der Waals surface area contributed by atoms with E-state index in [2.05, 4.69) is 13.5 Å². The maximum absolute atomic E-state index is 12.8. The summed E-state index contributed by atoms with van der Waals surface area (Å²) in [6.07, 6.45) is 2.59. The molecule has 0 aromatic heterocycles. The van der Waals surface area contributed by atoms with E-state index in [1.807, 2.05) is 6.92 Å². The third kappa shape index (κ3) is 5.65. The average Bonchev–Trinajstić information content (AvgIpc) is 3.12. The van der Waals surface area contributed by atoms with E-state index in [0.29, 0.717) is 25.7 Å². The molecule has 9 heteroatoms. The smallest absolute Gasteiger partial charge is 0.337 e. The molecule has 7 atom stereocenters. The van der Waals surface area contributed by atoms with E-state index in [1.54, 1.807) is 6.08 Å². The van der Waals surface area contributed by atoms with Gasteiger partial charge in [-0.05, 0) is 49.9 Å². The number of rotatable bonds is 7. The van der Waals surface area contributed by atoms with Crippen LogP contribution in [0.4, 0.5) is 0 Å². The Bertz CT molecular complexity index is 1030. The summed E-state index contributed by atoms with van der Waals surface area (Å²) in [6.45, 7) is 13.9. The van der Waals surface area contributed by atoms with E-state index < -0.39 is 52.8 Å². The summed E-state index contributed by atoms with van der Waals surface area (Å²) in [5.41, 5.74) is -0.0643. The molecule has 1 aliphatic heterocycles. The molecule has 0 amide bonds. The summed E-state index contributed by atoms with van der Waals surface area (Å²) >= 11 is 0. The van der Waals surface area contributed by atoms with Crippen LogP contribution >= 0.6 is 0 Å². The van der Waals surface area contributed by atoms with E-state index in [1.165, 1.54) is 27.7 Å². The van der Waals surface area contributed by atoms with Crippen LogP contribution in [0.25, 0.3) is 0 Å². The van der Waals surface area contributed by atoms with Gasteiger partial charge in [-0.3, -0.25) is 19.2 Å². The lowest BCUT2D eigenvalue weighted by Crippen LogP contribution is -2.60. The fourth-order valence-electron chi connectivity index (χ4n) is 6.84. The van der Waals surface area contributed by atoms with Crippen LogP contribution in [-0.4, -0.2) is 55.1 Å². The zero-order valence-corrected chi connectivity index (χ0v) is 22.6. The zero-order valence-electron chi connectivity index (χ0n) is 22.6. The summed E-state index contributed by atoms with van der Waals surface area (Å²) in [7, 11) is 0.